The zero-order valence-corrected chi connectivity index (χ0v) is 17.9. The average Bonchev–Trinajstić information content (AvgIpc) is 2.72. The molecule has 2 aromatic rings. The zero-order chi connectivity index (χ0) is 18.4. The lowest BCUT2D eigenvalue weighted by atomic mass is 10.1. The largest absolute Gasteiger partial charge is 0.497 e. The lowest BCUT2D eigenvalue weighted by molar-refractivity contribution is 0.0962. The summed E-state index contributed by atoms with van der Waals surface area (Å²) in [6.07, 6.45) is 0.543. The summed E-state index contributed by atoms with van der Waals surface area (Å²) >= 11 is 0. The van der Waals surface area contributed by atoms with E-state index in [1.54, 1.807) is 14.2 Å². The number of carbonyl (C=O) groups is 1. The van der Waals surface area contributed by atoms with Crippen LogP contribution in [0.25, 0.3) is 0 Å². The third-order valence-corrected chi connectivity index (χ3v) is 4.87. The molecule has 0 radical (unpaired) electrons. The van der Waals surface area contributed by atoms with Gasteiger partial charge in [-0.05, 0) is 36.4 Å². The Morgan fingerprint density at radius 3 is 2.14 bits per heavy atom. The van der Waals surface area contributed by atoms with Crippen molar-refractivity contribution < 1.29 is 14.3 Å². The molecule has 5 nitrogen and oxygen atoms in total. The van der Waals surface area contributed by atoms with Crippen LogP contribution >= 0.6 is 24.8 Å². The molecular formula is C21H28Cl2N2O3. The van der Waals surface area contributed by atoms with Gasteiger partial charge in [-0.2, -0.15) is 0 Å². The number of methoxy groups -OCH3 is 2. The second kappa shape index (κ2) is 11.8. The standard InChI is InChI=1S/C21H26N2O3.2ClH/c1-25-18-9-7-17(8-10-18)20(24)11-12-22-13-15-23(16-14-22)19-5-3-4-6-21(19)26-2;;/h3-10H,11-16H2,1-2H3;2*1H. The Kier molecular flexibility index (Phi) is 10.1. The molecule has 2 aromatic carbocycles. The minimum atomic E-state index is 0. The molecule has 28 heavy (non-hydrogen) atoms. The third-order valence-electron chi connectivity index (χ3n) is 4.87. The predicted octanol–water partition coefficient (Wildman–Crippen LogP) is 3.94. The van der Waals surface area contributed by atoms with E-state index in [2.05, 4.69) is 15.9 Å². The Labute approximate surface area is 179 Å². The van der Waals surface area contributed by atoms with Crippen LogP contribution in [0.3, 0.4) is 0 Å². The van der Waals surface area contributed by atoms with Crippen molar-refractivity contribution in [3.05, 3.63) is 54.1 Å². The molecule has 0 unspecified atom stereocenters. The van der Waals surface area contributed by atoms with E-state index in [-0.39, 0.29) is 30.6 Å². The predicted molar refractivity (Wildman–Crippen MR) is 118 cm³/mol. The lowest BCUT2D eigenvalue weighted by Crippen LogP contribution is -2.47. The van der Waals surface area contributed by atoms with E-state index < -0.39 is 0 Å². The summed E-state index contributed by atoms with van der Waals surface area (Å²) in [6.45, 7) is 4.58. The zero-order valence-electron chi connectivity index (χ0n) is 16.3. The highest BCUT2D eigenvalue weighted by Gasteiger charge is 2.20. The van der Waals surface area contributed by atoms with E-state index in [1.165, 1.54) is 0 Å². The van der Waals surface area contributed by atoms with Gasteiger partial charge in [-0.3, -0.25) is 9.69 Å². The Balaban J connectivity index is 0.00000196. The van der Waals surface area contributed by atoms with Crippen LogP contribution in [0.5, 0.6) is 11.5 Å². The Morgan fingerprint density at radius 1 is 0.893 bits per heavy atom. The molecule has 7 heteroatoms. The van der Waals surface area contributed by atoms with Crippen LogP contribution in [0.2, 0.25) is 0 Å². The highest BCUT2D eigenvalue weighted by Crippen LogP contribution is 2.28. The van der Waals surface area contributed by atoms with Gasteiger partial charge in [0.15, 0.2) is 5.78 Å². The number of rotatable bonds is 7. The lowest BCUT2D eigenvalue weighted by Gasteiger charge is -2.36. The van der Waals surface area contributed by atoms with Crippen molar-refractivity contribution in [3.8, 4) is 11.5 Å². The van der Waals surface area contributed by atoms with Gasteiger partial charge in [0.25, 0.3) is 0 Å². The number of para-hydroxylation sites is 2. The SMILES string of the molecule is COc1ccc(C(=O)CCN2CCN(c3ccccc3OC)CC2)cc1.Cl.Cl. The number of piperazine rings is 1. The first-order valence-electron chi connectivity index (χ1n) is 8.99. The summed E-state index contributed by atoms with van der Waals surface area (Å²) in [6, 6.07) is 15.5. The van der Waals surface area contributed by atoms with Gasteiger partial charge >= 0.3 is 0 Å². The minimum Gasteiger partial charge on any atom is -0.497 e. The first-order valence-corrected chi connectivity index (χ1v) is 8.99. The van der Waals surface area contributed by atoms with Gasteiger partial charge in [0.1, 0.15) is 11.5 Å². The number of hydrogen-bond donors (Lipinski definition) is 0. The number of hydrogen-bond acceptors (Lipinski definition) is 5. The number of ether oxygens (including phenoxy) is 2. The number of anilines is 1. The van der Waals surface area contributed by atoms with Gasteiger partial charge in [0.2, 0.25) is 0 Å². The van der Waals surface area contributed by atoms with Crippen molar-refractivity contribution in [2.45, 2.75) is 6.42 Å². The van der Waals surface area contributed by atoms with Crippen molar-refractivity contribution in [1.82, 2.24) is 4.90 Å². The maximum absolute atomic E-state index is 12.4. The van der Waals surface area contributed by atoms with Crippen LogP contribution in [0, 0.1) is 0 Å². The molecule has 3 rings (SSSR count). The van der Waals surface area contributed by atoms with Gasteiger partial charge < -0.3 is 14.4 Å². The molecule has 1 aliphatic rings. The molecule has 0 aromatic heterocycles. The van der Waals surface area contributed by atoms with Crippen LogP contribution < -0.4 is 14.4 Å². The molecule has 0 amide bonds. The van der Waals surface area contributed by atoms with Crippen LogP contribution in [-0.2, 0) is 0 Å². The minimum absolute atomic E-state index is 0. The Bertz CT molecular complexity index is 733. The van der Waals surface area contributed by atoms with Crippen molar-refractivity contribution >= 4 is 36.3 Å². The summed E-state index contributed by atoms with van der Waals surface area (Å²) in [4.78, 5) is 17.1. The summed E-state index contributed by atoms with van der Waals surface area (Å²) in [5, 5.41) is 0. The van der Waals surface area contributed by atoms with E-state index in [0.29, 0.717) is 6.42 Å². The van der Waals surface area contributed by atoms with Crippen molar-refractivity contribution in [3.63, 3.8) is 0 Å². The molecule has 1 aliphatic heterocycles. The van der Waals surface area contributed by atoms with Crippen molar-refractivity contribution in [1.29, 1.82) is 0 Å². The fourth-order valence-corrected chi connectivity index (χ4v) is 3.28. The quantitative estimate of drug-likeness (QED) is 0.627. The van der Waals surface area contributed by atoms with E-state index in [9.17, 15) is 4.79 Å². The molecule has 1 heterocycles. The average molecular weight is 427 g/mol. The fraction of sp³-hybridized carbons (Fsp3) is 0.381. The number of ketones is 1. The highest BCUT2D eigenvalue weighted by atomic mass is 35.5. The second-order valence-corrected chi connectivity index (χ2v) is 6.40. The number of benzene rings is 2. The summed E-state index contributed by atoms with van der Waals surface area (Å²) in [5.74, 6) is 1.87. The molecule has 1 fully saturated rings. The smallest absolute Gasteiger partial charge is 0.164 e. The summed E-state index contributed by atoms with van der Waals surface area (Å²) < 4.78 is 10.6. The first kappa shape index (κ1) is 24.1. The number of halogens is 2. The van der Waals surface area contributed by atoms with Crippen LogP contribution in [-0.4, -0.2) is 57.6 Å². The van der Waals surface area contributed by atoms with E-state index in [1.807, 2.05) is 42.5 Å². The normalized spacial score (nSPS) is 13.9. The number of carbonyl (C=O) groups excluding carboxylic acids is 1. The summed E-state index contributed by atoms with van der Waals surface area (Å²) in [5.41, 5.74) is 1.89. The van der Waals surface area contributed by atoms with E-state index >= 15 is 0 Å². The Morgan fingerprint density at radius 2 is 1.54 bits per heavy atom. The molecular weight excluding hydrogens is 399 g/mol. The molecule has 1 saturated heterocycles. The molecule has 0 aliphatic carbocycles. The molecule has 154 valence electrons. The maximum Gasteiger partial charge on any atom is 0.164 e. The van der Waals surface area contributed by atoms with Crippen LogP contribution in [0.15, 0.2) is 48.5 Å². The number of nitrogens with zero attached hydrogens (tertiary/aromatic N) is 2. The molecule has 0 atom stereocenters. The van der Waals surface area contributed by atoms with Crippen LogP contribution in [0.4, 0.5) is 5.69 Å². The molecule has 0 spiro atoms. The fourth-order valence-electron chi connectivity index (χ4n) is 3.28. The van der Waals surface area contributed by atoms with Crippen LogP contribution in [0.1, 0.15) is 16.8 Å². The van der Waals surface area contributed by atoms with E-state index in [0.717, 1.165) is 55.5 Å². The molecule has 0 bridgehead atoms. The van der Waals surface area contributed by atoms with Crippen molar-refractivity contribution in [2.75, 3.05) is 51.8 Å². The van der Waals surface area contributed by atoms with Gasteiger partial charge in [0, 0.05) is 44.7 Å². The van der Waals surface area contributed by atoms with Crippen molar-refractivity contribution in [2.24, 2.45) is 0 Å². The third kappa shape index (κ3) is 6.03. The number of Topliss-reactive ketones (excluding diaryl/α,β-unsaturated/α-hetero) is 1. The highest BCUT2D eigenvalue weighted by molar-refractivity contribution is 5.96. The summed E-state index contributed by atoms with van der Waals surface area (Å²) in [7, 11) is 3.33. The Hall–Kier alpha value is -1.95. The molecule has 0 N–H and O–H groups in total. The topological polar surface area (TPSA) is 42.0 Å². The first-order chi connectivity index (χ1) is 12.7. The van der Waals surface area contributed by atoms with Gasteiger partial charge in [-0.25, -0.2) is 0 Å². The maximum atomic E-state index is 12.4. The van der Waals surface area contributed by atoms with Gasteiger partial charge in [-0.15, -0.1) is 24.8 Å². The van der Waals surface area contributed by atoms with E-state index in [4.69, 9.17) is 9.47 Å². The second-order valence-electron chi connectivity index (χ2n) is 6.40. The monoisotopic (exact) mass is 426 g/mol. The van der Waals surface area contributed by atoms with Gasteiger partial charge in [0.05, 0.1) is 19.9 Å². The van der Waals surface area contributed by atoms with Gasteiger partial charge in [-0.1, -0.05) is 12.1 Å². The molecule has 0 saturated carbocycles.